The fraction of sp³-hybridized carbons (Fsp3) is 0.214. The SMILES string of the molecule is CSc1ccc(C(=O)Cn2c(C)ncc(Br)c2=O)cc1. The first-order valence-electron chi connectivity index (χ1n) is 5.92. The van der Waals surface area contributed by atoms with E-state index in [4.69, 9.17) is 0 Å². The molecule has 0 bridgehead atoms. The van der Waals surface area contributed by atoms with Crippen molar-refractivity contribution < 1.29 is 4.79 Å². The molecule has 0 unspecified atom stereocenters. The fourth-order valence-corrected chi connectivity index (χ4v) is 2.47. The highest BCUT2D eigenvalue weighted by Gasteiger charge is 2.11. The molecule has 0 aliphatic heterocycles. The summed E-state index contributed by atoms with van der Waals surface area (Å²) in [5.41, 5.74) is 0.348. The Kier molecular flexibility index (Phi) is 4.77. The summed E-state index contributed by atoms with van der Waals surface area (Å²) in [5, 5.41) is 0. The van der Waals surface area contributed by atoms with Gasteiger partial charge in [0, 0.05) is 16.7 Å². The van der Waals surface area contributed by atoms with Crippen LogP contribution < -0.4 is 5.56 Å². The molecule has 0 spiro atoms. The molecule has 1 heterocycles. The lowest BCUT2D eigenvalue weighted by Crippen LogP contribution is -2.27. The quantitative estimate of drug-likeness (QED) is 0.627. The highest BCUT2D eigenvalue weighted by atomic mass is 79.9. The number of benzene rings is 1. The zero-order valence-electron chi connectivity index (χ0n) is 11.1. The summed E-state index contributed by atoms with van der Waals surface area (Å²) in [6, 6.07) is 7.35. The highest BCUT2D eigenvalue weighted by molar-refractivity contribution is 9.10. The van der Waals surface area contributed by atoms with Crippen LogP contribution in [-0.4, -0.2) is 21.6 Å². The average Bonchev–Trinajstić information content (AvgIpc) is 2.47. The van der Waals surface area contributed by atoms with Gasteiger partial charge in [0.25, 0.3) is 5.56 Å². The summed E-state index contributed by atoms with van der Waals surface area (Å²) >= 11 is 4.75. The van der Waals surface area contributed by atoms with Gasteiger partial charge in [-0.1, -0.05) is 12.1 Å². The fourth-order valence-electron chi connectivity index (χ4n) is 1.75. The van der Waals surface area contributed by atoms with Crippen molar-refractivity contribution in [3.63, 3.8) is 0 Å². The van der Waals surface area contributed by atoms with E-state index < -0.39 is 0 Å². The standard InChI is InChI=1S/C14H13BrN2O2S/c1-9-16-7-12(15)14(19)17(9)8-13(18)10-3-5-11(20-2)6-4-10/h3-7H,8H2,1-2H3. The second-order valence-electron chi connectivity index (χ2n) is 4.20. The monoisotopic (exact) mass is 352 g/mol. The van der Waals surface area contributed by atoms with Crippen LogP contribution in [0.15, 0.2) is 44.6 Å². The van der Waals surface area contributed by atoms with E-state index >= 15 is 0 Å². The van der Waals surface area contributed by atoms with Gasteiger partial charge in [0.1, 0.15) is 10.3 Å². The predicted octanol–water partition coefficient (Wildman–Crippen LogP) is 2.92. The molecule has 0 saturated heterocycles. The van der Waals surface area contributed by atoms with Gasteiger partial charge in [-0.3, -0.25) is 14.2 Å². The van der Waals surface area contributed by atoms with Gasteiger partial charge in [0.15, 0.2) is 5.78 Å². The topological polar surface area (TPSA) is 52.0 Å². The minimum absolute atomic E-state index is 0.00424. The molecule has 2 rings (SSSR count). The van der Waals surface area contributed by atoms with Crippen LogP contribution in [-0.2, 0) is 6.54 Å². The van der Waals surface area contributed by atoms with E-state index in [0.29, 0.717) is 15.9 Å². The number of aryl methyl sites for hydroxylation is 1. The second-order valence-corrected chi connectivity index (χ2v) is 5.93. The number of carbonyl (C=O) groups excluding carboxylic acids is 1. The van der Waals surface area contributed by atoms with Gasteiger partial charge in [0.05, 0.1) is 6.54 Å². The number of ketones is 1. The molecular weight excluding hydrogens is 340 g/mol. The Hall–Kier alpha value is -1.40. The molecule has 0 aliphatic rings. The highest BCUT2D eigenvalue weighted by Crippen LogP contribution is 2.15. The summed E-state index contributed by atoms with van der Waals surface area (Å²) < 4.78 is 1.73. The molecule has 0 amide bonds. The molecule has 2 aromatic rings. The van der Waals surface area contributed by atoms with Crippen molar-refractivity contribution in [2.24, 2.45) is 0 Å². The molecule has 0 aliphatic carbocycles. The Labute approximate surface area is 129 Å². The number of nitrogens with zero attached hydrogens (tertiary/aromatic N) is 2. The molecule has 0 N–H and O–H groups in total. The zero-order valence-corrected chi connectivity index (χ0v) is 13.5. The van der Waals surface area contributed by atoms with Crippen LogP contribution in [0.2, 0.25) is 0 Å². The van der Waals surface area contributed by atoms with E-state index in [1.54, 1.807) is 30.8 Å². The lowest BCUT2D eigenvalue weighted by molar-refractivity contribution is 0.0969. The van der Waals surface area contributed by atoms with E-state index in [9.17, 15) is 9.59 Å². The molecule has 0 fully saturated rings. The molecule has 1 aromatic carbocycles. The third-order valence-electron chi connectivity index (χ3n) is 2.92. The summed E-state index contributed by atoms with van der Waals surface area (Å²) in [6.07, 6.45) is 3.43. The van der Waals surface area contributed by atoms with E-state index in [1.807, 2.05) is 18.4 Å². The summed E-state index contributed by atoms with van der Waals surface area (Å²) in [4.78, 5) is 29.4. The van der Waals surface area contributed by atoms with Crippen molar-refractivity contribution in [3.8, 4) is 0 Å². The lowest BCUT2D eigenvalue weighted by Gasteiger charge is -2.09. The number of hydrogen-bond donors (Lipinski definition) is 0. The third-order valence-corrected chi connectivity index (χ3v) is 4.21. The molecule has 0 radical (unpaired) electrons. The Balaban J connectivity index is 2.28. The van der Waals surface area contributed by atoms with Crippen LogP contribution in [0.5, 0.6) is 0 Å². The normalized spacial score (nSPS) is 10.6. The van der Waals surface area contributed by atoms with Gasteiger partial charge >= 0.3 is 0 Å². The zero-order chi connectivity index (χ0) is 14.7. The minimum atomic E-state index is -0.244. The number of Topliss-reactive ketones (excluding diaryl/α,β-unsaturated/α-hetero) is 1. The van der Waals surface area contributed by atoms with E-state index in [-0.39, 0.29) is 17.9 Å². The molecule has 0 atom stereocenters. The van der Waals surface area contributed by atoms with Gasteiger partial charge in [-0.25, -0.2) is 4.98 Å². The Morgan fingerprint density at radius 2 is 2.00 bits per heavy atom. The van der Waals surface area contributed by atoms with Crippen molar-refractivity contribution in [2.75, 3.05) is 6.26 Å². The van der Waals surface area contributed by atoms with Crippen LogP contribution >= 0.6 is 27.7 Å². The first-order valence-corrected chi connectivity index (χ1v) is 7.94. The minimum Gasteiger partial charge on any atom is -0.292 e. The van der Waals surface area contributed by atoms with Crippen LogP contribution in [0, 0.1) is 6.92 Å². The molecule has 1 aromatic heterocycles. The number of rotatable bonds is 4. The maximum Gasteiger partial charge on any atom is 0.268 e. The predicted molar refractivity (Wildman–Crippen MR) is 83.5 cm³/mol. The molecule has 20 heavy (non-hydrogen) atoms. The van der Waals surface area contributed by atoms with Gasteiger partial charge < -0.3 is 0 Å². The molecule has 0 saturated carbocycles. The number of hydrogen-bond acceptors (Lipinski definition) is 4. The van der Waals surface area contributed by atoms with Gasteiger partial charge in [0.2, 0.25) is 0 Å². The second kappa shape index (κ2) is 6.37. The summed E-state index contributed by atoms with van der Waals surface area (Å²) in [5.74, 6) is 0.412. The molecule has 104 valence electrons. The van der Waals surface area contributed by atoms with Crippen LogP contribution in [0.1, 0.15) is 16.2 Å². The smallest absolute Gasteiger partial charge is 0.268 e. The Morgan fingerprint density at radius 1 is 1.35 bits per heavy atom. The van der Waals surface area contributed by atoms with Gasteiger partial charge in [-0.15, -0.1) is 11.8 Å². The van der Waals surface area contributed by atoms with Gasteiger partial charge in [-0.05, 0) is 41.2 Å². The summed E-state index contributed by atoms with van der Waals surface area (Å²) in [6.45, 7) is 1.70. The van der Waals surface area contributed by atoms with Crippen molar-refractivity contribution in [1.82, 2.24) is 9.55 Å². The van der Waals surface area contributed by atoms with E-state index in [2.05, 4.69) is 20.9 Å². The Bertz CT molecular complexity index is 695. The summed E-state index contributed by atoms with van der Waals surface area (Å²) in [7, 11) is 0. The van der Waals surface area contributed by atoms with Gasteiger partial charge in [-0.2, -0.15) is 0 Å². The first kappa shape index (κ1) is 15.0. The third kappa shape index (κ3) is 3.19. The average molecular weight is 353 g/mol. The van der Waals surface area contributed by atoms with Crippen LogP contribution in [0.3, 0.4) is 0 Å². The largest absolute Gasteiger partial charge is 0.292 e. The molecule has 4 nitrogen and oxygen atoms in total. The number of thioether (sulfide) groups is 1. The maximum atomic E-state index is 12.2. The molecular formula is C14H13BrN2O2S. The number of carbonyl (C=O) groups is 1. The number of halogens is 1. The van der Waals surface area contributed by atoms with E-state index in [1.165, 1.54) is 10.8 Å². The first-order chi connectivity index (χ1) is 9.52. The van der Waals surface area contributed by atoms with Crippen molar-refractivity contribution in [3.05, 3.63) is 56.7 Å². The van der Waals surface area contributed by atoms with Crippen LogP contribution in [0.25, 0.3) is 0 Å². The van der Waals surface area contributed by atoms with Crippen molar-refractivity contribution in [1.29, 1.82) is 0 Å². The number of aromatic nitrogens is 2. The van der Waals surface area contributed by atoms with Crippen molar-refractivity contribution in [2.45, 2.75) is 18.4 Å². The lowest BCUT2D eigenvalue weighted by atomic mass is 10.1. The Morgan fingerprint density at radius 3 is 2.60 bits per heavy atom. The molecule has 6 heteroatoms. The van der Waals surface area contributed by atoms with E-state index in [0.717, 1.165) is 4.90 Å². The maximum absolute atomic E-state index is 12.2. The van der Waals surface area contributed by atoms with Crippen molar-refractivity contribution >= 4 is 33.5 Å². The van der Waals surface area contributed by atoms with Crippen LogP contribution in [0.4, 0.5) is 0 Å².